The lowest BCUT2D eigenvalue weighted by Crippen LogP contribution is -1.97. The first kappa shape index (κ1) is 12.5. The molecule has 0 amide bonds. The summed E-state index contributed by atoms with van der Waals surface area (Å²) in [6.45, 7) is 0. The van der Waals surface area contributed by atoms with Crippen LogP contribution < -0.4 is 0 Å². The molecule has 2 aromatic rings. The second-order valence-electron chi connectivity index (χ2n) is 4.79. The van der Waals surface area contributed by atoms with Crippen LogP contribution in [0.25, 0.3) is 10.9 Å². The predicted molar refractivity (Wildman–Crippen MR) is 78.0 cm³/mol. The Morgan fingerprint density at radius 1 is 0.944 bits per heavy atom. The highest BCUT2D eigenvalue weighted by molar-refractivity contribution is 6.43. The van der Waals surface area contributed by atoms with Crippen molar-refractivity contribution in [1.82, 2.24) is 4.98 Å². The van der Waals surface area contributed by atoms with Crippen molar-refractivity contribution in [3.8, 4) is 0 Å². The summed E-state index contributed by atoms with van der Waals surface area (Å²) in [6.07, 6.45) is 4.95. The maximum Gasteiger partial charge on any atom is 0.0750 e. The first-order chi connectivity index (χ1) is 8.65. The lowest BCUT2D eigenvalue weighted by molar-refractivity contribution is 0.701. The Balaban J connectivity index is 2.19. The number of nitrogens with zero attached hydrogens (tertiary/aromatic N) is 1. The third-order valence-electron chi connectivity index (χ3n) is 3.57. The van der Waals surface area contributed by atoms with Gasteiger partial charge in [-0.05, 0) is 31.0 Å². The van der Waals surface area contributed by atoms with Gasteiger partial charge in [-0.3, -0.25) is 4.98 Å². The molecule has 4 heteroatoms. The molecule has 1 aliphatic rings. The van der Waals surface area contributed by atoms with Gasteiger partial charge in [-0.25, -0.2) is 0 Å². The van der Waals surface area contributed by atoms with Gasteiger partial charge in [0.25, 0.3) is 0 Å². The minimum Gasteiger partial charge on any atom is -0.252 e. The van der Waals surface area contributed by atoms with E-state index in [1.54, 1.807) is 6.07 Å². The van der Waals surface area contributed by atoms with Gasteiger partial charge in [0.05, 0.1) is 15.6 Å². The van der Waals surface area contributed by atoms with Crippen LogP contribution in [0.1, 0.15) is 37.3 Å². The van der Waals surface area contributed by atoms with E-state index in [-0.39, 0.29) is 0 Å². The van der Waals surface area contributed by atoms with E-state index in [4.69, 9.17) is 34.8 Å². The number of benzene rings is 1. The normalized spacial score (nSPS) is 16.6. The number of hydrogen-bond acceptors (Lipinski definition) is 1. The zero-order chi connectivity index (χ0) is 12.7. The summed E-state index contributed by atoms with van der Waals surface area (Å²) in [5.41, 5.74) is 1.87. The van der Waals surface area contributed by atoms with Crippen LogP contribution >= 0.6 is 34.8 Å². The van der Waals surface area contributed by atoms with Gasteiger partial charge in [0.2, 0.25) is 0 Å². The first-order valence-corrected chi connectivity index (χ1v) is 7.24. The van der Waals surface area contributed by atoms with Crippen molar-refractivity contribution in [2.45, 2.75) is 31.6 Å². The fraction of sp³-hybridized carbons (Fsp3) is 0.357. The highest BCUT2D eigenvalue weighted by Gasteiger charge is 2.20. The van der Waals surface area contributed by atoms with E-state index in [1.165, 1.54) is 25.7 Å². The fourth-order valence-corrected chi connectivity index (χ4v) is 3.63. The van der Waals surface area contributed by atoms with E-state index in [2.05, 4.69) is 4.98 Å². The van der Waals surface area contributed by atoms with Crippen molar-refractivity contribution < 1.29 is 0 Å². The van der Waals surface area contributed by atoms with E-state index in [9.17, 15) is 0 Å². The monoisotopic (exact) mass is 299 g/mol. The first-order valence-electron chi connectivity index (χ1n) is 6.10. The van der Waals surface area contributed by atoms with Crippen molar-refractivity contribution in [2.24, 2.45) is 0 Å². The largest absolute Gasteiger partial charge is 0.252 e. The number of fused-ring (bicyclic) bond motifs is 1. The minimum absolute atomic E-state index is 0.532. The Morgan fingerprint density at radius 3 is 2.33 bits per heavy atom. The number of rotatable bonds is 1. The van der Waals surface area contributed by atoms with Crippen LogP contribution in [0.4, 0.5) is 0 Å². The molecule has 0 unspecified atom stereocenters. The number of halogens is 3. The Bertz CT molecular complexity index is 604. The van der Waals surface area contributed by atoms with Crippen LogP contribution in [0.15, 0.2) is 18.2 Å². The summed E-state index contributed by atoms with van der Waals surface area (Å²) < 4.78 is 0. The molecule has 1 heterocycles. The third kappa shape index (κ3) is 2.20. The Kier molecular flexibility index (Phi) is 3.40. The van der Waals surface area contributed by atoms with Gasteiger partial charge in [0, 0.05) is 22.0 Å². The van der Waals surface area contributed by atoms with Gasteiger partial charge in [-0.2, -0.15) is 0 Å². The molecule has 0 aliphatic heterocycles. The quantitative estimate of drug-likeness (QED) is 0.643. The smallest absolute Gasteiger partial charge is 0.0750 e. The molecule has 94 valence electrons. The zero-order valence-electron chi connectivity index (χ0n) is 9.72. The number of aromatic nitrogens is 1. The van der Waals surface area contributed by atoms with Crippen molar-refractivity contribution in [1.29, 1.82) is 0 Å². The molecule has 1 nitrogen and oxygen atoms in total. The molecule has 1 aliphatic carbocycles. The summed E-state index contributed by atoms with van der Waals surface area (Å²) >= 11 is 18.5. The van der Waals surface area contributed by atoms with Crippen LogP contribution in [0.3, 0.4) is 0 Å². The highest BCUT2D eigenvalue weighted by Crippen LogP contribution is 2.38. The Labute approximate surface area is 121 Å². The zero-order valence-corrected chi connectivity index (χ0v) is 12.0. The van der Waals surface area contributed by atoms with Crippen molar-refractivity contribution >= 4 is 45.7 Å². The molecule has 0 saturated heterocycles. The van der Waals surface area contributed by atoms with E-state index < -0.39 is 0 Å². The van der Waals surface area contributed by atoms with Crippen molar-refractivity contribution in [3.63, 3.8) is 0 Å². The summed E-state index contributed by atoms with van der Waals surface area (Å²) in [6, 6.07) is 5.49. The molecule has 1 aromatic carbocycles. The standard InChI is InChI=1S/C14H12Cl3N/c15-9-5-10(16)14-11(17)7-12(18-13(14)6-9)8-3-1-2-4-8/h5-8H,1-4H2. The molecule has 0 radical (unpaired) electrons. The number of pyridine rings is 1. The molecule has 1 saturated carbocycles. The molecule has 1 fully saturated rings. The summed E-state index contributed by atoms with van der Waals surface area (Å²) in [5.74, 6) is 0.532. The Morgan fingerprint density at radius 2 is 1.61 bits per heavy atom. The van der Waals surface area contributed by atoms with Gasteiger partial charge < -0.3 is 0 Å². The Hall–Kier alpha value is -0.500. The number of hydrogen-bond donors (Lipinski definition) is 0. The van der Waals surface area contributed by atoms with Gasteiger partial charge in [0.15, 0.2) is 0 Å². The van der Waals surface area contributed by atoms with Crippen LogP contribution in [0, 0.1) is 0 Å². The minimum atomic E-state index is 0.532. The highest BCUT2D eigenvalue weighted by atomic mass is 35.5. The topological polar surface area (TPSA) is 12.9 Å². The van der Waals surface area contributed by atoms with Gasteiger partial charge in [0.1, 0.15) is 0 Å². The predicted octanol–water partition coefficient (Wildman–Crippen LogP) is 5.85. The third-order valence-corrected chi connectivity index (χ3v) is 4.39. The summed E-state index contributed by atoms with van der Waals surface area (Å²) in [4.78, 5) is 4.69. The second-order valence-corrected chi connectivity index (χ2v) is 6.04. The van der Waals surface area contributed by atoms with Gasteiger partial charge in [-0.15, -0.1) is 0 Å². The molecule has 0 spiro atoms. The van der Waals surface area contributed by atoms with E-state index >= 15 is 0 Å². The molecular weight excluding hydrogens is 289 g/mol. The van der Waals surface area contributed by atoms with Crippen molar-refractivity contribution in [3.05, 3.63) is 39.0 Å². The molecule has 18 heavy (non-hydrogen) atoms. The average Bonchev–Trinajstić information content (AvgIpc) is 2.80. The average molecular weight is 301 g/mol. The lowest BCUT2D eigenvalue weighted by Gasteiger charge is -2.12. The summed E-state index contributed by atoms with van der Waals surface area (Å²) in [7, 11) is 0. The molecular formula is C14H12Cl3N. The fourth-order valence-electron chi connectivity index (χ4n) is 2.69. The molecule has 0 N–H and O–H groups in total. The maximum absolute atomic E-state index is 6.33. The second kappa shape index (κ2) is 4.88. The molecule has 0 bridgehead atoms. The summed E-state index contributed by atoms with van der Waals surface area (Å²) in [5, 5.41) is 2.63. The van der Waals surface area contributed by atoms with Gasteiger partial charge in [-0.1, -0.05) is 47.6 Å². The van der Waals surface area contributed by atoms with E-state index in [0.29, 0.717) is 21.0 Å². The lowest BCUT2D eigenvalue weighted by atomic mass is 10.0. The maximum atomic E-state index is 6.33. The SMILES string of the molecule is Clc1cc(Cl)c2c(Cl)cc(C3CCCC3)nc2c1. The molecule has 0 atom stereocenters. The van der Waals surface area contributed by atoms with Crippen LogP contribution in [0.5, 0.6) is 0 Å². The molecule has 3 rings (SSSR count). The van der Waals surface area contributed by atoms with E-state index in [1.807, 2.05) is 12.1 Å². The van der Waals surface area contributed by atoms with Crippen LogP contribution in [-0.4, -0.2) is 4.98 Å². The van der Waals surface area contributed by atoms with E-state index in [0.717, 1.165) is 16.6 Å². The van der Waals surface area contributed by atoms with Crippen LogP contribution in [-0.2, 0) is 0 Å². The van der Waals surface area contributed by atoms with Crippen molar-refractivity contribution in [2.75, 3.05) is 0 Å². The molecule has 1 aromatic heterocycles. The van der Waals surface area contributed by atoms with Gasteiger partial charge >= 0.3 is 0 Å². The van der Waals surface area contributed by atoms with Crippen LogP contribution in [0.2, 0.25) is 15.1 Å².